The molecule has 2 aromatic heterocycles. The van der Waals surface area contributed by atoms with E-state index in [2.05, 4.69) is 110 Å². The van der Waals surface area contributed by atoms with E-state index >= 15 is 0 Å². The topological polar surface area (TPSA) is 47.9 Å². The van der Waals surface area contributed by atoms with Crippen LogP contribution in [0.15, 0.2) is 164 Å². The Labute approximate surface area is 305 Å². The zero-order valence-electron chi connectivity index (χ0n) is 28.4. The second-order valence-electron chi connectivity index (χ2n) is 13.1. The Morgan fingerprint density at radius 1 is 0.654 bits per heavy atom. The highest BCUT2D eigenvalue weighted by molar-refractivity contribution is 7.26. The van der Waals surface area contributed by atoms with Gasteiger partial charge in [0.2, 0.25) is 0 Å². The van der Waals surface area contributed by atoms with Crippen molar-refractivity contribution in [3.05, 3.63) is 192 Å². The van der Waals surface area contributed by atoms with Crippen molar-refractivity contribution >= 4 is 37.1 Å². The molecular formula is C47H31N3OS. The number of benzene rings is 6. The van der Waals surface area contributed by atoms with E-state index in [0.717, 1.165) is 39.3 Å². The summed E-state index contributed by atoms with van der Waals surface area (Å²) in [6, 6.07) is 47.3. The van der Waals surface area contributed by atoms with E-state index in [1.54, 1.807) is 6.08 Å². The van der Waals surface area contributed by atoms with Gasteiger partial charge >= 0.3 is 0 Å². The van der Waals surface area contributed by atoms with Gasteiger partial charge in [0.15, 0.2) is 17.5 Å². The van der Waals surface area contributed by atoms with Gasteiger partial charge in [0, 0.05) is 48.0 Å². The molecule has 1 spiro atoms. The van der Waals surface area contributed by atoms with E-state index < -0.39 is 5.41 Å². The second-order valence-corrected chi connectivity index (χ2v) is 14.2. The zero-order valence-corrected chi connectivity index (χ0v) is 29.2. The van der Waals surface area contributed by atoms with Crippen molar-refractivity contribution in [2.75, 3.05) is 0 Å². The summed E-state index contributed by atoms with van der Waals surface area (Å²) in [6.07, 6.45) is 7.68. The summed E-state index contributed by atoms with van der Waals surface area (Å²) in [5, 5.41) is 2.58. The van der Waals surface area contributed by atoms with E-state index in [1.165, 1.54) is 42.4 Å². The molecule has 2 aliphatic rings. The number of rotatable bonds is 5. The van der Waals surface area contributed by atoms with E-state index in [0.29, 0.717) is 17.5 Å². The van der Waals surface area contributed by atoms with Crippen molar-refractivity contribution in [3.8, 4) is 45.4 Å². The molecule has 1 aliphatic heterocycles. The van der Waals surface area contributed by atoms with Crippen LogP contribution in [0.2, 0.25) is 0 Å². The van der Waals surface area contributed by atoms with Crippen LogP contribution in [0.4, 0.5) is 0 Å². The number of allylic oxidation sites excluding steroid dienone is 5. The lowest BCUT2D eigenvalue weighted by molar-refractivity contribution is 0.436. The number of ether oxygens (including phenoxy) is 1. The zero-order chi connectivity index (χ0) is 34.8. The van der Waals surface area contributed by atoms with Crippen molar-refractivity contribution in [1.82, 2.24) is 15.0 Å². The minimum Gasteiger partial charge on any atom is -0.457 e. The van der Waals surface area contributed by atoms with Gasteiger partial charge in [-0.2, -0.15) is 0 Å². The molecule has 246 valence electrons. The summed E-state index contributed by atoms with van der Waals surface area (Å²) in [7, 11) is 0. The van der Waals surface area contributed by atoms with Crippen LogP contribution >= 0.6 is 11.3 Å². The van der Waals surface area contributed by atoms with Gasteiger partial charge in [0.1, 0.15) is 11.5 Å². The van der Waals surface area contributed by atoms with Gasteiger partial charge in [-0.1, -0.05) is 134 Å². The van der Waals surface area contributed by atoms with Gasteiger partial charge in [-0.15, -0.1) is 11.3 Å². The molecule has 0 saturated heterocycles. The third-order valence-corrected chi connectivity index (χ3v) is 11.5. The lowest BCUT2D eigenvalue weighted by Crippen LogP contribution is -2.32. The third-order valence-electron chi connectivity index (χ3n) is 10.3. The Bertz CT molecular complexity index is 2770. The van der Waals surface area contributed by atoms with E-state index in [9.17, 15) is 0 Å². The summed E-state index contributed by atoms with van der Waals surface area (Å²) in [5.41, 5.74) is 9.27. The van der Waals surface area contributed by atoms with Crippen molar-refractivity contribution in [2.24, 2.45) is 0 Å². The summed E-state index contributed by atoms with van der Waals surface area (Å²) >= 11 is 1.85. The van der Waals surface area contributed by atoms with Gasteiger partial charge in [-0.3, -0.25) is 0 Å². The van der Waals surface area contributed by atoms with Gasteiger partial charge in [-0.25, -0.2) is 15.0 Å². The fraction of sp³-hybridized carbons (Fsp3) is 0.0426. The van der Waals surface area contributed by atoms with Crippen LogP contribution in [0.5, 0.6) is 11.5 Å². The van der Waals surface area contributed by atoms with Crippen LogP contribution in [0.1, 0.15) is 35.0 Å². The number of hydrogen-bond acceptors (Lipinski definition) is 5. The van der Waals surface area contributed by atoms with Gasteiger partial charge in [-0.05, 0) is 59.5 Å². The first-order valence-electron chi connectivity index (χ1n) is 17.4. The van der Waals surface area contributed by atoms with Crippen LogP contribution in [-0.4, -0.2) is 15.0 Å². The molecule has 0 amide bonds. The van der Waals surface area contributed by atoms with Crippen molar-refractivity contribution in [3.63, 3.8) is 0 Å². The molecule has 10 rings (SSSR count). The molecule has 3 heterocycles. The number of hydrogen-bond donors (Lipinski definition) is 0. The number of thiophene rings is 1. The molecule has 1 aliphatic carbocycles. The average Bonchev–Trinajstić information content (AvgIpc) is 3.72. The summed E-state index contributed by atoms with van der Waals surface area (Å²) in [5.74, 6) is 3.57. The first kappa shape index (κ1) is 30.4. The molecule has 0 saturated carbocycles. The molecule has 0 radical (unpaired) electrons. The second kappa shape index (κ2) is 11.8. The highest BCUT2D eigenvalue weighted by Gasteiger charge is 2.51. The number of fused-ring (bicyclic) bond motifs is 13. The van der Waals surface area contributed by atoms with E-state index in [1.807, 2.05) is 66.8 Å². The maximum atomic E-state index is 6.65. The molecule has 0 atom stereocenters. The van der Waals surface area contributed by atoms with Gasteiger partial charge < -0.3 is 4.74 Å². The molecule has 0 N–H and O–H groups in total. The summed E-state index contributed by atoms with van der Waals surface area (Å²) < 4.78 is 9.22. The monoisotopic (exact) mass is 685 g/mol. The highest BCUT2D eigenvalue weighted by atomic mass is 32.1. The molecule has 6 aromatic carbocycles. The van der Waals surface area contributed by atoms with Crippen molar-refractivity contribution in [1.29, 1.82) is 0 Å². The predicted molar refractivity (Wildman–Crippen MR) is 214 cm³/mol. The van der Waals surface area contributed by atoms with Crippen LogP contribution in [-0.2, 0) is 5.41 Å². The third kappa shape index (κ3) is 4.36. The predicted octanol–water partition coefficient (Wildman–Crippen LogP) is 12.2. The first-order chi connectivity index (χ1) is 25.7. The lowest BCUT2D eigenvalue weighted by atomic mass is 9.66. The summed E-state index contributed by atoms with van der Waals surface area (Å²) in [4.78, 5) is 15.2. The normalized spacial score (nSPS) is 13.9. The minimum absolute atomic E-state index is 0.608. The number of aromatic nitrogens is 3. The Kier molecular flexibility index (Phi) is 6.92. The fourth-order valence-electron chi connectivity index (χ4n) is 8.16. The molecular weight excluding hydrogens is 655 g/mol. The molecule has 5 heteroatoms. The molecule has 0 unspecified atom stereocenters. The maximum absolute atomic E-state index is 6.65. The van der Waals surface area contributed by atoms with E-state index in [-0.39, 0.29) is 0 Å². The highest BCUT2D eigenvalue weighted by Crippen LogP contribution is 2.64. The van der Waals surface area contributed by atoms with Crippen LogP contribution < -0.4 is 4.74 Å². The van der Waals surface area contributed by atoms with Crippen molar-refractivity contribution in [2.45, 2.75) is 12.3 Å². The quantitative estimate of drug-likeness (QED) is 0.169. The average molecular weight is 686 g/mol. The smallest absolute Gasteiger partial charge is 0.164 e. The Hall–Kier alpha value is -6.43. The Morgan fingerprint density at radius 3 is 2.10 bits per heavy atom. The molecule has 0 bridgehead atoms. The molecule has 4 nitrogen and oxygen atoms in total. The minimum atomic E-state index is -0.636. The summed E-state index contributed by atoms with van der Waals surface area (Å²) in [6.45, 7) is 5.87. The standard InChI is InChI=1S/C47H31N3OS/c1-3-5-15-29(4-2)44-48-45(30-16-7-6-8-17-30)50-46(49-44)31-24-25-32-37(28-31)47(34-19-10-12-21-38(34)51-39-22-13-11-20-35(39)47)36-26-27-41-43(42(32)36)33-18-9-14-23-40(33)52-41/h3-28H,1H2,2H3/b15-5-,29-4+. The number of para-hydroxylation sites is 2. The van der Waals surface area contributed by atoms with Crippen molar-refractivity contribution < 1.29 is 4.74 Å². The first-order valence-corrected chi connectivity index (χ1v) is 18.2. The Morgan fingerprint density at radius 2 is 1.35 bits per heavy atom. The fourth-order valence-corrected chi connectivity index (χ4v) is 9.28. The van der Waals surface area contributed by atoms with Gasteiger partial charge in [0.25, 0.3) is 0 Å². The lowest BCUT2D eigenvalue weighted by Gasteiger charge is -2.39. The molecule has 52 heavy (non-hydrogen) atoms. The van der Waals surface area contributed by atoms with Crippen LogP contribution in [0, 0.1) is 0 Å². The van der Waals surface area contributed by atoms with Crippen LogP contribution in [0.25, 0.3) is 59.6 Å². The van der Waals surface area contributed by atoms with Gasteiger partial charge in [0.05, 0.1) is 5.41 Å². The SMILES string of the molecule is C=C/C=C\C(=C/C)c1nc(-c2ccccc2)nc(-c2ccc3c(c2)C2(c4ccccc4Oc4ccccc42)c2ccc4sc5ccccc5c4c2-3)n1. The molecule has 0 fully saturated rings. The molecule has 8 aromatic rings. The van der Waals surface area contributed by atoms with Crippen LogP contribution in [0.3, 0.4) is 0 Å². The number of nitrogens with zero attached hydrogens (tertiary/aromatic N) is 3. The Balaban J connectivity index is 1.31. The maximum Gasteiger partial charge on any atom is 0.164 e. The van der Waals surface area contributed by atoms with E-state index in [4.69, 9.17) is 19.7 Å². The largest absolute Gasteiger partial charge is 0.457 e.